The lowest BCUT2D eigenvalue weighted by Crippen LogP contribution is -2.28. The number of aromatic amines is 2. The Morgan fingerprint density at radius 3 is 1.36 bits per heavy atom. The zero-order valence-electron chi connectivity index (χ0n) is 30.9. The Labute approximate surface area is 325 Å². The molecule has 6 heteroatoms. The highest BCUT2D eigenvalue weighted by Gasteiger charge is 2.29. The van der Waals surface area contributed by atoms with Crippen LogP contribution in [0.1, 0.15) is 48.5 Å². The average Bonchev–Trinajstić information content (AvgIpc) is 4.07. The summed E-state index contributed by atoms with van der Waals surface area (Å²) in [5, 5.41) is 0. The van der Waals surface area contributed by atoms with Crippen LogP contribution in [0, 0.1) is 0 Å². The Hall–Kier alpha value is -7.05. The Morgan fingerprint density at radius 1 is 0.446 bits per heavy atom. The third-order valence-electron chi connectivity index (χ3n) is 11.0. The fraction of sp³-hybridized carbons (Fsp3) is 0.100. The maximum Gasteiger partial charge on any atom is 0.227 e. The Balaban J connectivity index is 1.41. The summed E-state index contributed by atoms with van der Waals surface area (Å²) < 4.78 is 0. The molecule has 0 atom stereocenters. The summed E-state index contributed by atoms with van der Waals surface area (Å²) >= 11 is 0. The summed E-state index contributed by atoms with van der Waals surface area (Å²) in [5.74, 6) is 0.135. The van der Waals surface area contributed by atoms with Gasteiger partial charge in [-0.15, -0.1) is 0 Å². The number of likely N-dealkylation sites (tertiary alicyclic amines) is 1. The molecule has 1 amide bonds. The van der Waals surface area contributed by atoms with Gasteiger partial charge in [0.25, 0.3) is 0 Å². The van der Waals surface area contributed by atoms with E-state index in [2.05, 4.69) is 150 Å². The smallest absolute Gasteiger partial charge is 0.227 e. The van der Waals surface area contributed by atoms with Crippen molar-refractivity contribution in [1.29, 1.82) is 0 Å². The van der Waals surface area contributed by atoms with Crippen molar-refractivity contribution >= 4 is 51.9 Å². The molecule has 1 saturated heterocycles. The third kappa shape index (κ3) is 6.06. The van der Waals surface area contributed by atoms with E-state index in [1.165, 1.54) is 0 Å². The molecule has 6 nitrogen and oxygen atoms in total. The van der Waals surface area contributed by atoms with Crippen LogP contribution in [-0.4, -0.2) is 37.3 Å². The number of benzene rings is 4. The number of hydrogen-bond donors (Lipinski definition) is 2. The van der Waals surface area contributed by atoms with Gasteiger partial charge >= 0.3 is 0 Å². The van der Waals surface area contributed by atoms with Gasteiger partial charge in [-0.1, -0.05) is 128 Å². The van der Waals surface area contributed by atoms with Crippen molar-refractivity contribution in [3.05, 3.63) is 168 Å². The fourth-order valence-corrected chi connectivity index (χ4v) is 8.34. The van der Waals surface area contributed by atoms with E-state index >= 15 is 0 Å². The SMILES string of the molecule is O=C1CCCCCN1C1=Cc2nc1c(-c1ccccc1)c1ccc([nH]1)c(-c1ccccc1)c1nc(c(-c3ccccc3)c3ccc([nH]3)c2-c2ccccc2)C=C1. The third-order valence-corrected chi connectivity index (χ3v) is 11.0. The van der Waals surface area contributed by atoms with E-state index in [9.17, 15) is 4.79 Å². The van der Waals surface area contributed by atoms with Crippen molar-refractivity contribution in [2.75, 3.05) is 6.54 Å². The second-order valence-corrected chi connectivity index (χ2v) is 14.5. The summed E-state index contributed by atoms with van der Waals surface area (Å²) in [6, 6.07) is 50.3. The van der Waals surface area contributed by atoms with Crippen molar-refractivity contribution in [2.24, 2.45) is 0 Å². The minimum atomic E-state index is 0.135. The second kappa shape index (κ2) is 14.3. The molecule has 0 saturated carbocycles. The highest BCUT2D eigenvalue weighted by molar-refractivity contribution is 6.04. The first-order valence-corrected chi connectivity index (χ1v) is 19.4. The van der Waals surface area contributed by atoms with Crippen LogP contribution < -0.4 is 0 Å². The van der Waals surface area contributed by atoms with E-state index in [0.717, 1.165) is 114 Å². The van der Waals surface area contributed by atoms with Crippen LogP contribution in [-0.2, 0) is 4.79 Å². The van der Waals surface area contributed by atoms with E-state index < -0.39 is 0 Å². The average molecular weight is 726 g/mol. The first kappa shape index (κ1) is 33.5. The van der Waals surface area contributed by atoms with Crippen molar-refractivity contribution in [2.45, 2.75) is 25.7 Å². The number of rotatable bonds is 5. The molecular formula is C50H39N5O. The summed E-state index contributed by atoms with van der Waals surface area (Å²) in [6.45, 7) is 0.647. The van der Waals surface area contributed by atoms with Gasteiger partial charge in [0.2, 0.25) is 5.91 Å². The zero-order chi connectivity index (χ0) is 37.4. The van der Waals surface area contributed by atoms with Gasteiger partial charge in [-0.2, -0.15) is 0 Å². The lowest BCUT2D eigenvalue weighted by atomic mass is 10.0. The molecule has 6 heterocycles. The van der Waals surface area contributed by atoms with Gasteiger partial charge in [-0.3, -0.25) is 4.79 Å². The molecule has 0 radical (unpaired) electrons. The maximum atomic E-state index is 14.0. The number of carbonyl (C=O) groups excluding carboxylic acids is 1. The summed E-state index contributed by atoms with van der Waals surface area (Å²) in [6.07, 6.45) is 9.77. The van der Waals surface area contributed by atoms with Gasteiger partial charge in [0, 0.05) is 57.3 Å². The van der Waals surface area contributed by atoms with Crippen LogP contribution in [0.5, 0.6) is 0 Å². The molecule has 3 aliphatic rings. The minimum absolute atomic E-state index is 0.135. The predicted molar refractivity (Wildman–Crippen MR) is 230 cm³/mol. The van der Waals surface area contributed by atoms with E-state index in [1.54, 1.807) is 0 Å². The molecule has 8 bridgehead atoms. The summed E-state index contributed by atoms with van der Waals surface area (Å²) in [4.78, 5) is 34.7. The molecule has 56 heavy (non-hydrogen) atoms. The zero-order valence-corrected chi connectivity index (χ0v) is 30.9. The monoisotopic (exact) mass is 725 g/mol. The molecule has 2 N–H and O–H groups in total. The van der Waals surface area contributed by atoms with E-state index in [-0.39, 0.29) is 5.91 Å². The second-order valence-electron chi connectivity index (χ2n) is 14.5. The number of nitrogens with zero attached hydrogens (tertiary/aromatic N) is 3. The molecule has 270 valence electrons. The largest absolute Gasteiger partial charge is 0.354 e. The van der Waals surface area contributed by atoms with Gasteiger partial charge in [0.1, 0.15) is 0 Å². The quantitative estimate of drug-likeness (QED) is 0.185. The van der Waals surface area contributed by atoms with Crippen LogP contribution in [0.3, 0.4) is 0 Å². The van der Waals surface area contributed by atoms with Gasteiger partial charge in [-0.25, -0.2) is 9.97 Å². The lowest BCUT2D eigenvalue weighted by Gasteiger charge is -2.23. The van der Waals surface area contributed by atoms with Crippen LogP contribution in [0.15, 0.2) is 146 Å². The van der Waals surface area contributed by atoms with Crippen molar-refractivity contribution in [3.63, 3.8) is 0 Å². The van der Waals surface area contributed by atoms with Gasteiger partial charge in [-0.05, 0) is 77.6 Å². The number of hydrogen-bond acceptors (Lipinski definition) is 3. The number of H-pyrrole nitrogens is 2. The van der Waals surface area contributed by atoms with Crippen LogP contribution in [0.4, 0.5) is 0 Å². The molecule has 10 rings (SSSR count). The van der Waals surface area contributed by atoms with Crippen molar-refractivity contribution in [3.8, 4) is 44.5 Å². The molecule has 0 unspecified atom stereocenters. The molecule has 7 aromatic rings. The number of amides is 1. The lowest BCUT2D eigenvalue weighted by molar-refractivity contribution is -0.127. The van der Waals surface area contributed by atoms with Gasteiger partial charge < -0.3 is 14.9 Å². The first-order valence-electron chi connectivity index (χ1n) is 19.4. The minimum Gasteiger partial charge on any atom is -0.354 e. The normalized spacial score (nSPS) is 14.1. The molecule has 3 aromatic heterocycles. The fourth-order valence-electron chi connectivity index (χ4n) is 8.34. The maximum absolute atomic E-state index is 14.0. The van der Waals surface area contributed by atoms with E-state index in [4.69, 9.17) is 9.97 Å². The molecule has 3 aliphatic heterocycles. The number of aromatic nitrogens is 4. The predicted octanol–water partition coefficient (Wildman–Crippen LogP) is 12.1. The van der Waals surface area contributed by atoms with Crippen LogP contribution >= 0.6 is 0 Å². The molecule has 4 aromatic carbocycles. The van der Waals surface area contributed by atoms with E-state index in [1.807, 2.05) is 29.2 Å². The van der Waals surface area contributed by atoms with Crippen molar-refractivity contribution < 1.29 is 4.79 Å². The highest BCUT2D eigenvalue weighted by atomic mass is 16.2. The molecule has 0 aliphatic carbocycles. The van der Waals surface area contributed by atoms with Crippen LogP contribution in [0.25, 0.3) is 90.5 Å². The summed E-state index contributed by atoms with van der Waals surface area (Å²) in [5.41, 5.74) is 15.9. The number of nitrogens with one attached hydrogen (secondary N) is 2. The van der Waals surface area contributed by atoms with Gasteiger partial charge in [0.15, 0.2) is 0 Å². The number of fused-ring (bicyclic) bond motifs is 8. The van der Waals surface area contributed by atoms with Gasteiger partial charge in [0.05, 0.1) is 28.5 Å². The number of carbonyl (C=O) groups is 1. The van der Waals surface area contributed by atoms with Crippen LogP contribution in [0.2, 0.25) is 0 Å². The standard InChI is InChI=1S/C50H39N5O/c56-45-24-14-5-15-31-55(45)44-32-43-48(35-20-10-3-11-21-35)41-28-27-39(52-41)46(33-16-6-1-7-17-33)37-25-26-38(51-37)47(34-18-8-2-9-19-34)40-29-30-42(53-40)49(50(44)54-43)36-22-12-4-13-23-36/h1-4,6-13,16-23,25-30,32,52-53H,5,14-15,24,31H2. The first-order chi connectivity index (χ1) is 27.7. The van der Waals surface area contributed by atoms with Crippen molar-refractivity contribution in [1.82, 2.24) is 24.8 Å². The molecule has 1 fully saturated rings. The Kier molecular flexibility index (Phi) is 8.56. The highest BCUT2D eigenvalue weighted by Crippen LogP contribution is 2.41. The Bertz CT molecular complexity index is 2830. The summed E-state index contributed by atoms with van der Waals surface area (Å²) in [7, 11) is 0. The Morgan fingerprint density at radius 2 is 0.875 bits per heavy atom. The van der Waals surface area contributed by atoms with E-state index in [0.29, 0.717) is 13.0 Å². The topological polar surface area (TPSA) is 77.7 Å². The molecular weight excluding hydrogens is 687 g/mol. The molecule has 0 spiro atoms.